The van der Waals surface area contributed by atoms with Crippen LogP contribution in [0.1, 0.15) is 20.3 Å². The molecule has 1 aliphatic heterocycles. The first kappa shape index (κ1) is 19.4. The Labute approximate surface area is 161 Å². The van der Waals surface area contributed by atoms with E-state index in [0.717, 1.165) is 0 Å². The van der Waals surface area contributed by atoms with E-state index in [1.165, 1.54) is 4.57 Å². The third kappa shape index (κ3) is 4.01. The van der Waals surface area contributed by atoms with E-state index >= 15 is 0 Å². The Bertz CT molecular complexity index is 920. The zero-order valence-electron chi connectivity index (χ0n) is 15.4. The quantitative estimate of drug-likeness (QED) is 0.816. The maximum Gasteiger partial charge on any atom is 0.419 e. The summed E-state index contributed by atoms with van der Waals surface area (Å²) in [7, 11) is 0. The Morgan fingerprint density at radius 2 is 2.07 bits per heavy atom. The van der Waals surface area contributed by atoms with Crippen molar-refractivity contribution in [3.63, 3.8) is 0 Å². The average Bonchev–Trinajstić information content (AvgIpc) is 2.93. The van der Waals surface area contributed by atoms with Gasteiger partial charge in [0.05, 0.1) is 5.52 Å². The molecule has 1 aromatic carbocycles. The number of carbonyl (C=O) groups is 2. The molecule has 0 spiro atoms. The Hall–Kier alpha value is -2.32. The van der Waals surface area contributed by atoms with Crippen LogP contribution >= 0.6 is 11.6 Å². The summed E-state index contributed by atoms with van der Waals surface area (Å²) in [5, 5.41) is 0.472. The maximum atomic E-state index is 12.6. The fourth-order valence-electron chi connectivity index (χ4n) is 3.51. The van der Waals surface area contributed by atoms with Crippen LogP contribution in [-0.2, 0) is 16.1 Å². The summed E-state index contributed by atoms with van der Waals surface area (Å²) >= 11 is 5.91. The van der Waals surface area contributed by atoms with Crippen LogP contribution in [0.3, 0.4) is 0 Å². The number of rotatable bonds is 5. The molecule has 0 saturated carbocycles. The molecule has 2 N–H and O–H groups in total. The van der Waals surface area contributed by atoms with Gasteiger partial charge in [0.25, 0.3) is 0 Å². The summed E-state index contributed by atoms with van der Waals surface area (Å²) in [5.41, 5.74) is 6.50. The number of aryl methyl sites for hydroxylation is 1. The van der Waals surface area contributed by atoms with Gasteiger partial charge in [-0.25, -0.2) is 4.79 Å². The van der Waals surface area contributed by atoms with Crippen molar-refractivity contribution in [2.75, 3.05) is 19.6 Å². The second-order valence-electron chi connectivity index (χ2n) is 6.97. The number of benzene rings is 1. The lowest BCUT2D eigenvalue weighted by Gasteiger charge is -2.42. The number of piperazine rings is 1. The van der Waals surface area contributed by atoms with E-state index < -0.39 is 17.7 Å². The third-order valence-electron chi connectivity index (χ3n) is 4.95. The fourth-order valence-corrected chi connectivity index (χ4v) is 3.67. The highest BCUT2D eigenvalue weighted by Crippen LogP contribution is 2.19. The van der Waals surface area contributed by atoms with Crippen LogP contribution in [0.15, 0.2) is 27.4 Å². The smallest absolute Gasteiger partial charge is 0.408 e. The van der Waals surface area contributed by atoms with Crippen LogP contribution in [0.2, 0.25) is 5.02 Å². The van der Waals surface area contributed by atoms with Gasteiger partial charge in [0.2, 0.25) is 11.8 Å². The van der Waals surface area contributed by atoms with E-state index in [-0.39, 0.29) is 31.5 Å². The minimum atomic E-state index is -0.528. The zero-order chi connectivity index (χ0) is 19.7. The number of nitrogens with two attached hydrogens (primary N) is 1. The molecule has 2 aromatic rings. The lowest BCUT2D eigenvalue weighted by molar-refractivity contribution is -0.138. The largest absolute Gasteiger partial charge is 0.419 e. The molecule has 1 aromatic heterocycles. The molecule has 2 heterocycles. The highest BCUT2D eigenvalue weighted by atomic mass is 35.5. The predicted molar refractivity (Wildman–Crippen MR) is 102 cm³/mol. The average molecular weight is 395 g/mol. The zero-order valence-corrected chi connectivity index (χ0v) is 16.1. The Balaban J connectivity index is 1.69. The maximum absolute atomic E-state index is 12.6. The minimum Gasteiger partial charge on any atom is -0.408 e. The SMILES string of the molecule is CC(C)N1CCN(C(=O)CCn2c(=O)oc3cc(Cl)ccc32)CC1C(N)=O. The van der Waals surface area contributed by atoms with Crippen molar-refractivity contribution < 1.29 is 14.0 Å². The van der Waals surface area contributed by atoms with Gasteiger partial charge in [-0.2, -0.15) is 0 Å². The summed E-state index contributed by atoms with van der Waals surface area (Å²) in [6, 6.07) is 4.60. The highest BCUT2D eigenvalue weighted by Gasteiger charge is 2.34. The number of amides is 2. The highest BCUT2D eigenvalue weighted by molar-refractivity contribution is 6.31. The molecule has 0 bridgehead atoms. The first-order chi connectivity index (χ1) is 12.8. The van der Waals surface area contributed by atoms with Gasteiger partial charge in [-0.05, 0) is 26.0 Å². The van der Waals surface area contributed by atoms with E-state index in [4.69, 9.17) is 21.8 Å². The summed E-state index contributed by atoms with van der Waals surface area (Å²) < 4.78 is 6.59. The standard InChI is InChI=1S/C18H23ClN4O4/c1-11(2)22-8-7-21(10-14(22)17(20)25)16(24)5-6-23-13-4-3-12(19)9-15(13)27-18(23)26/h3-4,9,11,14H,5-8,10H2,1-2H3,(H2,20,25). The molecule has 0 aliphatic carbocycles. The van der Waals surface area contributed by atoms with Gasteiger partial charge < -0.3 is 15.1 Å². The van der Waals surface area contributed by atoms with E-state index in [0.29, 0.717) is 29.2 Å². The molecule has 146 valence electrons. The minimum absolute atomic E-state index is 0.125. The van der Waals surface area contributed by atoms with Gasteiger partial charge in [-0.15, -0.1) is 0 Å². The van der Waals surface area contributed by atoms with Crippen LogP contribution < -0.4 is 11.5 Å². The Morgan fingerprint density at radius 1 is 1.33 bits per heavy atom. The number of carbonyl (C=O) groups excluding carboxylic acids is 2. The Morgan fingerprint density at radius 3 is 2.74 bits per heavy atom. The molecule has 1 atom stereocenters. The number of hydrogen-bond donors (Lipinski definition) is 1. The monoisotopic (exact) mass is 394 g/mol. The van der Waals surface area contributed by atoms with E-state index in [9.17, 15) is 14.4 Å². The molecule has 0 radical (unpaired) electrons. The summed E-state index contributed by atoms with van der Waals surface area (Å²) in [4.78, 5) is 40.1. The van der Waals surface area contributed by atoms with Crippen molar-refractivity contribution in [3.8, 4) is 0 Å². The normalized spacial score (nSPS) is 18.4. The summed E-state index contributed by atoms with van der Waals surface area (Å²) in [6.45, 7) is 5.56. The van der Waals surface area contributed by atoms with E-state index in [2.05, 4.69) is 0 Å². The van der Waals surface area contributed by atoms with Crippen LogP contribution in [0, 0.1) is 0 Å². The van der Waals surface area contributed by atoms with Gasteiger partial charge in [0.1, 0.15) is 6.04 Å². The van der Waals surface area contributed by atoms with Crippen molar-refractivity contribution >= 4 is 34.5 Å². The van der Waals surface area contributed by atoms with Crippen molar-refractivity contribution in [3.05, 3.63) is 33.8 Å². The predicted octanol–water partition coefficient (Wildman–Crippen LogP) is 1.04. The molecule has 1 unspecified atom stereocenters. The first-order valence-corrected chi connectivity index (χ1v) is 9.27. The number of fused-ring (bicyclic) bond motifs is 1. The van der Waals surface area contributed by atoms with Crippen molar-refractivity contribution in [1.82, 2.24) is 14.4 Å². The molecule has 2 amide bonds. The molecule has 9 heteroatoms. The number of hydrogen-bond acceptors (Lipinski definition) is 5. The number of aromatic nitrogens is 1. The molecule has 1 saturated heterocycles. The van der Waals surface area contributed by atoms with Gasteiger partial charge in [-0.1, -0.05) is 11.6 Å². The van der Waals surface area contributed by atoms with E-state index in [1.807, 2.05) is 18.7 Å². The van der Waals surface area contributed by atoms with Gasteiger partial charge in [0, 0.05) is 49.7 Å². The summed E-state index contributed by atoms with van der Waals surface area (Å²) in [6.07, 6.45) is 0.129. The summed E-state index contributed by atoms with van der Waals surface area (Å²) in [5.74, 6) is -1.09. The van der Waals surface area contributed by atoms with Crippen molar-refractivity contribution in [1.29, 1.82) is 0 Å². The van der Waals surface area contributed by atoms with Crippen LogP contribution in [-0.4, -0.2) is 57.9 Å². The lowest BCUT2D eigenvalue weighted by Crippen LogP contribution is -2.61. The lowest BCUT2D eigenvalue weighted by atomic mass is 10.1. The van der Waals surface area contributed by atoms with Crippen LogP contribution in [0.4, 0.5) is 0 Å². The molecule has 27 heavy (non-hydrogen) atoms. The topological polar surface area (TPSA) is 102 Å². The third-order valence-corrected chi connectivity index (χ3v) is 5.18. The number of nitrogens with zero attached hydrogens (tertiary/aromatic N) is 3. The van der Waals surface area contributed by atoms with Gasteiger partial charge >= 0.3 is 5.76 Å². The molecule has 3 rings (SSSR count). The molecular weight excluding hydrogens is 372 g/mol. The van der Waals surface area contributed by atoms with Crippen LogP contribution in [0.5, 0.6) is 0 Å². The van der Waals surface area contributed by atoms with Gasteiger partial charge in [-0.3, -0.25) is 19.1 Å². The second-order valence-corrected chi connectivity index (χ2v) is 7.41. The molecular formula is C18H23ClN4O4. The Kier molecular flexibility index (Phi) is 5.57. The molecule has 1 aliphatic rings. The number of halogens is 1. The van der Waals surface area contributed by atoms with Crippen molar-refractivity contribution in [2.24, 2.45) is 5.73 Å². The first-order valence-electron chi connectivity index (χ1n) is 8.89. The van der Waals surface area contributed by atoms with Gasteiger partial charge in [0.15, 0.2) is 5.58 Å². The second kappa shape index (κ2) is 7.74. The van der Waals surface area contributed by atoms with E-state index in [1.54, 1.807) is 23.1 Å². The fraction of sp³-hybridized carbons (Fsp3) is 0.500. The molecule has 1 fully saturated rings. The number of oxazole rings is 1. The van der Waals surface area contributed by atoms with Crippen molar-refractivity contribution in [2.45, 2.75) is 38.9 Å². The molecule has 8 nitrogen and oxygen atoms in total. The number of primary amides is 1. The van der Waals surface area contributed by atoms with Crippen LogP contribution in [0.25, 0.3) is 11.1 Å².